The molecular formula is C22H19NO4. The van der Waals surface area contributed by atoms with Crippen molar-refractivity contribution >= 4 is 23.1 Å². The Hall–Kier alpha value is -3.34. The van der Waals surface area contributed by atoms with Crippen molar-refractivity contribution in [1.29, 1.82) is 0 Å². The first kappa shape index (κ1) is 17.1. The number of esters is 1. The average molecular weight is 361 g/mol. The summed E-state index contributed by atoms with van der Waals surface area (Å²) in [4.78, 5) is 27.7. The second kappa shape index (κ2) is 6.13. The Kier molecular flexibility index (Phi) is 3.88. The molecule has 0 fully saturated rings. The SMILES string of the molecule is COC(=O)C1=CC=C(c2ccc(OC)cc2)[C@]12C(=O)N(C)c1ccccc12. The number of carbonyl (C=O) groups excluding carboxylic acids is 2. The first-order chi connectivity index (χ1) is 13.1. The second-order valence-corrected chi connectivity index (χ2v) is 6.51. The smallest absolute Gasteiger partial charge is 0.335 e. The van der Waals surface area contributed by atoms with Gasteiger partial charge in [0, 0.05) is 18.3 Å². The predicted octanol–water partition coefficient (Wildman–Crippen LogP) is 3.11. The molecular weight excluding hydrogens is 342 g/mol. The maximum atomic E-state index is 13.5. The standard InChI is InChI=1S/C22H19NO4/c1-23-19-7-5-4-6-17(19)22(21(23)25)16(12-13-18(22)20(24)27-3)14-8-10-15(26-2)11-9-14/h4-13H,1-3H3/t22-/m1/s1. The molecule has 0 bridgehead atoms. The maximum Gasteiger partial charge on any atom is 0.335 e. The van der Waals surface area contributed by atoms with E-state index in [9.17, 15) is 9.59 Å². The Labute approximate surface area is 157 Å². The largest absolute Gasteiger partial charge is 0.497 e. The van der Waals surface area contributed by atoms with Gasteiger partial charge in [-0.15, -0.1) is 0 Å². The van der Waals surface area contributed by atoms with E-state index in [1.54, 1.807) is 25.1 Å². The third-order valence-electron chi connectivity index (χ3n) is 5.33. The molecule has 1 aliphatic carbocycles. The van der Waals surface area contributed by atoms with Gasteiger partial charge in [-0.05, 0) is 35.4 Å². The minimum absolute atomic E-state index is 0.167. The summed E-state index contributed by atoms with van der Waals surface area (Å²) < 4.78 is 10.2. The van der Waals surface area contributed by atoms with Gasteiger partial charge in [-0.2, -0.15) is 0 Å². The summed E-state index contributed by atoms with van der Waals surface area (Å²) in [6.07, 6.45) is 3.53. The van der Waals surface area contributed by atoms with Gasteiger partial charge >= 0.3 is 5.97 Å². The van der Waals surface area contributed by atoms with Crippen molar-refractivity contribution in [2.24, 2.45) is 0 Å². The van der Waals surface area contributed by atoms with Crippen LogP contribution in [-0.2, 0) is 19.7 Å². The number of para-hydroxylation sites is 1. The van der Waals surface area contributed by atoms with Crippen LogP contribution in [-0.4, -0.2) is 33.1 Å². The number of amides is 1. The lowest BCUT2D eigenvalue weighted by Gasteiger charge is -2.29. The van der Waals surface area contributed by atoms with Gasteiger partial charge < -0.3 is 14.4 Å². The number of fused-ring (bicyclic) bond motifs is 2. The number of ether oxygens (including phenoxy) is 2. The highest BCUT2D eigenvalue weighted by Gasteiger charge is 2.58. The fourth-order valence-corrected chi connectivity index (χ4v) is 4.06. The number of carbonyl (C=O) groups is 2. The number of likely N-dealkylation sites (N-methyl/N-ethyl adjacent to an activating group) is 1. The molecule has 0 saturated carbocycles. The summed E-state index contributed by atoms with van der Waals surface area (Å²) in [5.41, 5.74) is 2.31. The third-order valence-corrected chi connectivity index (χ3v) is 5.33. The first-order valence-corrected chi connectivity index (χ1v) is 8.59. The Bertz CT molecular complexity index is 1000. The summed E-state index contributed by atoms with van der Waals surface area (Å²) in [5, 5.41) is 0. The van der Waals surface area contributed by atoms with Crippen molar-refractivity contribution < 1.29 is 19.1 Å². The zero-order valence-corrected chi connectivity index (χ0v) is 15.4. The van der Waals surface area contributed by atoms with Gasteiger partial charge in [0.05, 0.1) is 19.8 Å². The molecule has 0 radical (unpaired) electrons. The fraction of sp³-hybridized carbons (Fsp3) is 0.182. The highest BCUT2D eigenvalue weighted by molar-refractivity contribution is 6.24. The van der Waals surface area contributed by atoms with Gasteiger partial charge in [-0.1, -0.05) is 36.4 Å². The van der Waals surface area contributed by atoms with Crippen LogP contribution < -0.4 is 9.64 Å². The quantitative estimate of drug-likeness (QED) is 0.789. The average Bonchev–Trinajstić information content (AvgIpc) is 3.21. The molecule has 0 N–H and O–H groups in total. The van der Waals surface area contributed by atoms with Crippen LogP contribution in [0, 0.1) is 0 Å². The highest BCUT2D eigenvalue weighted by Crippen LogP contribution is 2.55. The van der Waals surface area contributed by atoms with Crippen LogP contribution in [0.1, 0.15) is 11.1 Å². The van der Waals surface area contributed by atoms with Crippen LogP contribution in [0.25, 0.3) is 5.57 Å². The number of benzene rings is 2. The molecule has 1 amide bonds. The first-order valence-electron chi connectivity index (χ1n) is 8.59. The van der Waals surface area contributed by atoms with Crippen molar-refractivity contribution in [2.45, 2.75) is 5.41 Å². The molecule has 2 aromatic carbocycles. The Morgan fingerprint density at radius 2 is 1.70 bits per heavy atom. The molecule has 1 aliphatic heterocycles. The molecule has 1 heterocycles. The van der Waals surface area contributed by atoms with Crippen LogP contribution in [0.2, 0.25) is 0 Å². The van der Waals surface area contributed by atoms with E-state index in [1.807, 2.05) is 54.6 Å². The molecule has 0 unspecified atom stereocenters. The summed E-state index contributed by atoms with van der Waals surface area (Å²) in [6, 6.07) is 15.0. The molecule has 1 atom stereocenters. The maximum absolute atomic E-state index is 13.5. The molecule has 2 aromatic rings. The van der Waals surface area contributed by atoms with Crippen LogP contribution >= 0.6 is 0 Å². The molecule has 0 saturated heterocycles. The van der Waals surface area contributed by atoms with Gasteiger partial charge in [0.2, 0.25) is 5.91 Å². The third kappa shape index (κ3) is 2.18. The topological polar surface area (TPSA) is 55.8 Å². The Balaban J connectivity index is 1.97. The molecule has 27 heavy (non-hydrogen) atoms. The van der Waals surface area contributed by atoms with E-state index in [2.05, 4.69) is 0 Å². The number of anilines is 1. The number of rotatable bonds is 3. The van der Waals surface area contributed by atoms with E-state index >= 15 is 0 Å². The lowest BCUT2D eigenvalue weighted by Crippen LogP contribution is -2.42. The highest BCUT2D eigenvalue weighted by atomic mass is 16.5. The lowest BCUT2D eigenvalue weighted by atomic mass is 9.70. The minimum Gasteiger partial charge on any atom is -0.497 e. The molecule has 5 nitrogen and oxygen atoms in total. The molecule has 1 spiro atoms. The summed E-state index contributed by atoms with van der Waals surface area (Å²) in [6.45, 7) is 0. The molecule has 0 aromatic heterocycles. The van der Waals surface area contributed by atoms with Gasteiger partial charge in [-0.3, -0.25) is 4.79 Å². The van der Waals surface area contributed by atoms with Crippen molar-refractivity contribution in [2.75, 3.05) is 26.2 Å². The van der Waals surface area contributed by atoms with Crippen LogP contribution in [0.15, 0.2) is 66.3 Å². The van der Waals surface area contributed by atoms with Crippen molar-refractivity contribution in [3.8, 4) is 5.75 Å². The Morgan fingerprint density at radius 3 is 2.37 bits per heavy atom. The Morgan fingerprint density at radius 1 is 1.00 bits per heavy atom. The van der Waals surface area contributed by atoms with Gasteiger partial charge in [0.1, 0.15) is 11.2 Å². The van der Waals surface area contributed by atoms with Gasteiger partial charge in [-0.25, -0.2) is 4.79 Å². The van der Waals surface area contributed by atoms with E-state index in [0.29, 0.717) is 5.57 Å². The number of allylic oxidation sites excluding steroid dienone is 2. The predicted molar refractivity (Wildman–Crippen MR) is 103 cm³/mol. The van der Waals surface area contributed by atoms with Gasteiger partial charge in [0.25, 0.3) is 0 Å². The van der Waals surface area contributed by atoms with Crippen molar-refractivity contribution in [3.63, 3.8) is 0 Å². The van der Waals surface area contributed by atoms with Crippen LogP contribution in [0.3, 0.4) is 0 Å². The second-order valence-electron chi connectivity index (χ2n) is 6.51. The molecule has 5 heteroatoms. The number of hydrogen-bond acceptors (Lipinski definition) is 4. The minimum atomic E-state index is -1.20. The summed E-state index contributed by atoms with van der Waals surface area (Å²) >= 11 is 0. The van der Waals surface area contributed by atoms with E-state index in [-0.39, 0.29) is 5.91 Å². The summed E-state index contributed by atoms with van der Waals surface area (Å²) in [5.74, 6) is 0.0518. The van der Waals surface area contributed by atoms with Crippen molar-refractivity contribution in [1.82, 2.24) is 0 Å². The normalized spacial score (nSPS) is 20.4. The lowest BCUT2D eigenvalue weighted by molar-refractivity contribution is -0.137. The van der Waals surface area contributed by atoms with E-state index < -0.39 is 11.4 Å². The number of nitrogens with zero attached hydrogens (tertiary/aromatic N) is 1. The van der Waals surface area contributed by atoms with Crippen LogP contribution in [0.4, 0.5) is 5.69 Å². The zero-order valence-electron chi connectivity index (χ0n) is 15.4. The molecule has 2 aliphatic rings. The summed E-state index contributed by atoms with van der Waals surface area (Å²) in [7, 11) is 4.67. The fourth-order valence-electron chi connectivity index (χ4n) is 4.06. The van der Waals surface area contributed by atoms with Crippen molar-refractivity contribution in [3.05, 3.63) is 77.4 Å². The van der Waals surface area contributed by atoms with Crippen LogP contribution in [0.5, 0.6) is 5.75 Å². The molecule has 4 rings (SSSR count). The molecule has 136 valence electrons. The zero-order chi connectivity index (χ0) is 19.2. The van der Waals surface area contributed by atoms with E-state index in [4.69, 9.17) is 9.47 Å². The van der Waals surface area contributed by atoms with Gasteiger partial charge in [0.15, 0.2) is 0 Å². The van der Waals surface area contributed by atoms with E-state index in [1.165, 1.54) is 7.11 Å². The number of methoxy groups -OCH3 is 2. The number of hydrogen-bond donors (Lipinski definition) is 0. The van der Waals surface area contributed by atoms with E-state index in [0.717, 1.165) is 28.1 Å². The monoisotopic (exact) mass is 361 g/mol.